The Hall–Kier alpha value is -1.86. The first-order chi connectivity index (χ1) is 16.6. The van der Waals surface area contributed by atoms with Gasteiger partial charge in [-0.3, -0.25) is 9.97 Å². The standard InChI is InChI=1S/C27H34ClN3O2S/c1-33-21-7-8-26-24(17-21)23(25(28)19-30-26)6-2-9-27(20-32)10-14-31(15-11-27)13-4-16-34-22-5-3-12-29-18-22/h3,5,7-8,12,17-19,32H,2,4,6,9-11,13-16,20H2,1H3. The van der Waals surface area contributed by atoms with Gasteiger partial charge in [-0.2, -0.15) is 0 Å². The number of benzene rings is 1. The second kappa shape index (κ2) is 12.2. The SMILES string of the molecule is COc1ccc2ncc(Cl)c(CCCC3(CO)CCN(CCCSc4cccnc4)CC3)c2c1. The lowest BCUT2D eigenvalue weighted by Crippen LogP contribution is -2.42. The van der Waals surface area contributed by atoms with Gasteiger partial charge < -0.3 is 14.7 Å². The molecule has 0 amide bonds. The number of pyridine rings is 2. The molecule has 1 saturated heterocycles. The van der Waals surface area contributed by atoms with Crippen LogP contribution in [0.5, 0.6) is 5.75 Å². The van der Waals surface area contributed by atoms with Crippen LogP contribution in [0.2, 0.25) is 5.02 Å². The lowest BCUT2D eigenvalue weighted by Gasteiger charge is -2.41. The number of aryl methyl sites for hydroxylation is 1. The first-order valence-electron chi connectivity index (χ1n) is 12.1. The molecule has 3 heterocycles. The predicted octanol–water partition coefficient (Wildman–Crippen LogP) is 5.87. The summed E-state index contributed by atoms with van der Waals surface area (Å²) >= 11 is 8.42. The molecule has 0 unspecified atom stereocenters. The van der Waals surface area contributed by atoms with Gasteiger partial charge in [0.1, 0.15) is 5.75 Å². The van der Waals surface area contributed by atoms with Crippen LogP contribution < -0.4 is 4.74 Å². The van der Waals surface area contributed by atoms with Crippen LogP contribution in [0.4, 0.5) is 0 Å². The summed E-state index contributed by atoms with van der Waals surface area (Å²) in [4.78, 5) is 12.4. The van der Waals surface area contributed by atoms with E-state index in [-0.39, 0.29) is 12.0 Å². The topological polar surface area (TPSA) is 58.5 Å². The molecule has 1 aromatic carbocycles. The average molecular weight is 500 g/mol. The Bertz CT molecular complexity index is 1060. The highest BCUT2D eigenvalue weighted by Crippen LogP contribution is 2.37. The van der Waals surface area contributed by atoms with Crippen LogP contribution in [-0.4, -0.2) is 59.1 Å². The van der Waals surface area contributed by atoms with E-state index in [4.69, 9.17) is 16.3 Å². The second-order valence-electron chi connectivity index (χ2n) is 9.21. The maximum Gasteiger partial charge on any atom is 0.119 e. The Morgan fingerprint density at radius 3 is 2.76 bits per heavy atom. The number of hydrogen-bond donors (Lipinski definition) is 1. The van der Waals surface area contributed by atoms with Crippen molar-refractivity contribution in [2.24, 2.45) is 5.41 Å². The van der Waals surface area contributed by atoms with Gasteiger partial charge in [0.15, 0.2) is 0 Å². The number of halogens is 1. The minimum Gasteiger partial charge on any atom is -0.497 e. The molecule has 34 heavy (non-hydrogen) atoms. The van der Waals surface area contributed by atoms with Gasteiger partial charge in [-0.1, -0.05) is 11.6 Å². The van der Waals surface area contributed by atoms with E-state index >= 15 is 0 Å². The van der Waals surface area contributed by atoms with E-state index in [0.717, 1.165) is 79.7 Å². The summed E-state index contributed by atoms with van der Waals surface area (Å²) in [6, 6.07) is 10.0. The fourth-order valence-electron chi connectivity index (χ4n) is 4.87. The van der Waals surface area contributed by atoms with E-state index in [1.165, 1.54) is 11.3 Å². The Balaban J connectivity index is 1.26. The minimum absolute atomic E-state index is 0.0218. The zero-order chi connectivity index (χ0) is 23.8. The van der Waals surface area contributed by atoms with Crippen LogP contribution >= 0.6 is 23.4 Å². The number of hydrogen-bond acceptors (Lipinski definition) is 6. The molecule has 2 aromatic heterocycles. The van der Waals surface area contributed by atoms with Crippen LogP contribution in [0.25, 0.3) is 10.9 Å². The van der Waals surface area contributed by atoms with Crippen molar-refractivity contribution < 1.29 is 9.84 Å². The van der Waals surface area contributed by atoms with Gasteiger partial charge in [0.2, 0.25) is 0 Å². The van der Waals surface area contributed by atoms with E-state index in [2.05, 4.69) is 20.9 Å². The van der Waals surface area contributed by atoms with Gasteiger partial charge in [0, 0.05) is 35.5 Å². The summed E-state index contributed by atoms with van der Waals surface area (Å²) in [5.41, 5.74) is 2.09. The maximum absolute atomic E-state index is 10.3. The van der Waals surface area contributed by atoms with Crippen molar-refractivity contribution in [2.75, 3.05) is 39.1 Å². The molecular weight excluding hydrogens is 466 g/mol. The summed E-state index contributed by atoms with van der Waals surface area (Å²) in [5, 5.41) is 12.0. The number of thioether (sulfide) groups is 1. The molecule has 4 rings (SSSR count). The van der Waals surface area contributed by atoms with Crippen molar-refractivity contribution in [3.63, 3.8) is 0 Å². The number of aliphatic hydroxyl groups excluding tert-OH is 1. The molecule has 1 N–H and O–H groups in total. The first-order valence-corrected chi connectivity index (χ1v) is 13.5. The van der Waals surface area contributed by atoms with Gasteiger partial charge in [-0.05, 0) is 105 Å². The van der Waals surface area contributed by atoms with E-state index < -0.39 is 0 Å². The smallest absolute Gasteiger partial charge is 0.119 e. The van der Waals surface area contributed by atoms with Gasteiger partial charge in [0.05, 0.1) is 17.6 Å². The van der Waals surface area contributed by atoms with Crippen LogP contribution in [0.1, 0.15) is 37.7 Å². The van der Waals surface area contributed by atoms with Gasteiger partial charge in [-0.25, -0.2) is 0 Å². The molecule has 0 aliphatic carbocycles. The molecule has 1 aliphatic heterocycles. The van der Waals surface area contributed by atoms with E-state index in [0.29, 0.717) is 5.02 Å². The fraction of sp³-hybridized carbons (Fsp3) is 0.481. The molecule has 0 bridgehead atoms. The van der Waals surface area contributed by atoms with Crippen LogP contribution in [0.15, 0.2) is 53.8 Å². The summed E-state index contributed by atoms with van der Waals surface area (Å²) in [7, 11) is 1.68. The fourth-order valence-corrected chi connectivity index (χ4v) is 5.94. The van der Waals surface area contributed by atoms with Gasteiger partial charge >= 0.3 is 0 Å². The average Bonchev–Trinajstić information content (AvgIpc) is 2.89. The lowest BCUT2D eigenvalue weighted by molar-refractivity contribution is 0.0358. The molecular formula is C27H34ClN3O2S. The van der Waals surface area contributed by atoms with Crippen molar-refractivity contribution >= 4 is 34.3 Å². The van der Waals surface area contributed by atoms with Crippen LogP contribution in [0, 0.1) is 5.41 Å². The molecule has 182 valence electrons. The lowest BCUT2D eigenvalue weighted by atomic mass is 9.75. The number of nitrogens with zero attached hydrogens (tertiary/aromatic N) is 3. The van der Waals surface area contributed by atoms with Crippen molar-refractivity contribution in [1.82, 2.24) is 14.9 Å². The Kier molecular flexibility index (Phi) is 9.06. The molecule has 7 heteroatoms. The number of methoxy groups -OCH3 is 1. The predicted molar refractivity (Wildman–Crippen MR) is 141 cm³/mol. The van der Waals surface area contributed by atoms with Crippen LogP contribution in [-0.2, 0) is 6.42 Å². The largest absolute Gasteiger partial charge is 0.497 e. The third-order valence-corrected chi connectivity index (χ3v) is 8.44. The number of aliphatic hydroxyl groups is 1. The normalized spacial score (nSPS) is 16.1. The molecule has 0 atom stereocenters. The molecule has 0 radical (unpaired) electrons. The quantitative estimate of drug-likeness (QED) is 0.263. The number of aromatic nitrogens is 2. The summed E-state index contributed by atoms with van der Waals surface area (Å²) in [6.07, 6.45) is 11.7. The highest BCUT2D eigenvalue weighted by Gasteiger charge is 2.33. The van der Waals surface area contributed by atoms with Crippen molar-refractivity contribution in [1.29, 1.82) is 0 Å². The summed E-state index contributed by atoms with van der Waals surface area (Å²) in [6.45, 7) is 3.51. The van der Waals surface area contributed by atoms with E-state index in [9.17, 15) is 5.11 Å². The van der Waals surface area contributed by atoms with Crippen LogP contribution in [0.3, 0.4) is 0 Å². The zero-order valence-electron chi connectivity index (χ0n) is 19.9. The van der Waals surface area contributed by atoms with Crippen molar-refractivity contribution in [3.8, 4) is 5.75 Å². The Labute approximate surface area is 211 Å². The number of piperidine rings is 1. The van der Waals surface area contributed by atoms with E-state index in [1.54, 1.807) is 13.3 Å². The molecule has 5 nitrogen and oxygen atoms in total. The number of ether oxygens (including phenoxy) is 1. The van der Waals surface area contributed by atoms with Gasteiger partial charge in [0.25, 0.3) is 0 Å². The Morgan fingerprint density at radius 2 is 2.03 bits per heavy atom. The van der Waals surface area contributed by atoms with Gasteiger partial charge in [-0.15, -0.1) is 11.8 Å². The highest BCUT2D eigenvalue weighted by atomic mass is 35.5. The second-order valence-corrected chi connectivity index (χ2v) is 10.8. The third-order valence-electron chi connectivity index (χ3n) is 7.04. The highest BCUT2D eigenvalue weighted by molar-refractivity contribution is 7.99. The molecule has 0 saturated carbocycles. The summed E-state index contributed by atoms with van der Waals surface area (Å²) in [5.74, 6) is 1.93. The van der Waals surface area contributed by atoms with E-state index in [1.807, 2.05) is 48.4 Å². The molecule has 1 aliphatic rings. The Morgan fingerprint density at radius 1 is 1.18 bits per heavy atom. The zero-order valence-corrected chi connectivity index (χ0v) is 21.5. The first kappa shape index (κ1) is 25.2. The molecule has 3 aromatic rings. The maximum atomic E-state index is 10.3. The third kappa shape index (κ3) is 6.42. The number of fused-ring (bicyclic) bond motifs is 1. The number of rotatable bonds is 11. The summed E-state index contributed by atoms with van der Waals surface area (Å²) < 4.78 is 5.41. The van der Waals surface area contributed by atoms with Crippen molar-refractivity contribution in [2.45, 2.75) is 43.4 Å². The molecule has 1 fully saturated rings. The monoisotopic (exact) mass is 499 g/mol. The molecule has 0 spiro atoms. The van der Waals surface area contributed by atoms with Crippen molar-refractivity contribution in [3.05, 3.63) is 59.5 Å². The minimum atomic E-state index is 0.0218. The number of likely N-dealkylation sites (tertiary alicyclic amines) is 1.